The average Bonchev–Trinajstić information content (AvgIpc) is 2.35. The number of piperidine rings is 1. The lowest BCUT2D eigenvalue weighted by Crippen LogP contribution is -2.35. The maximum Gasteiger partial charge on any atom is 0.183 e. The Bertz CT molecular complexity index is 565. The molecule has 1 aliphatic rings. The SMILES string of the molecule is CS(=O)(=O)c1ccc(CC2CCCCN2)c(O)c1F. The van der Waals surface area contributed by atoms with Crippen molar-refractivity contribution in [2.45, 2.75) is 36.6 Å². The Morgan fingerprint density at radius 2 is 2.16 bits per heavy atom. The molecule has 1 aliphatic heterocycles. The molecule has 0 bridgehead atoms. The standard InChI is InChI=1S/C13H18FNO3S/c1-19(17,18)11-6-5-9(13(16)12(11)14)8-10-4-2-3-7-15-10/h5-6,10,15-16H,2-4,7-8H2,1H3. The van der Waals surface area contributed by atoms with Gasteiger partial charge in [-0.15, -0.1) is 0 Å². The minimum Gasteiger partial charge on any atom is -0.505 e. The van der Waals surface area contributed by atoms with Gasteiger partial charge < -0.3 is 10.4 Å². The van der Waals surface area contributed by atoms with E-state index in [1.807, 2.05) is 0 Å². The first-order chi connectivity index (χ1) is 8.89. The van der Waals surface area contributed by atoms with Gasteiger partial charge in [0, 0.05) is 12.3 Å². The van der Waals surface area contributed by atoms with Gasteiger partial charge in [-0.25, -0.2) is 12.8 Å². The summed E-state index contributed by atoms with van der Waals surface area (Å²) in [7, 11) is -3.66. The van der Waals surface area contributed by atoms with E-state index in [1.165, 1.54) is 12.1 Å². The van der Waals surface area contributed by atoms with Crippen LogP contribution in [-0.2, 0) is 16.3 Å². The van der Waals surface area contributed by atoms with Crippen molar-refractivity contribution in [1.29, 1.82) is 0 Å². The fourth-order valence-electron chi connectivity index (χ4n) is 2.40. The zero-order valence-corrected chi connectivity index (χ0v) is 11.6. The molecule has 0 saturated carbocycles. The first-order valence-corrected chi connectivity index (χ1v) is 8.22. The third-order valence-electron chi connectivity index (χ3n) is 3.44. The summed E-state index contributed by atoms with van der Waals surface area (Å²) in [5.41, 5.74) is 0.448. The van der Waals surface area contributed by atoms with E-state index in [9.17, 15) is 17.9 Å². The summed E-state index contributed by atoms with van der Waals surface area (Å²) >= 11 is 0. The number of halogens is 1. The van der Waals surface area contributed by atoms with Crippen LogP contribution in [0, 0.1) is 5.82 Å². The van der Waals surface area contributed by atoms with Gasteiger partial charge in [-0.3, -0.25) is 0 Å². The third kappa shape index (κ3) is 3.25. The van der Waals surface area contributed by atoms with Crippen LogP contribution >= 0.6 is 0 Å². The molecular weight excluding hydrogens is 269 g/mol. The molecule has 2 rings (SSSR count). The molecule has 1 aromatic rings. The highest BCUT2D eigenvalue weighted by molar-refractivity contribution is 7.90. The Hall–Kier alpha value is -1.14. The molecule has 19 heavy (non-hydrogen) atoms. The van der Waals surface area contributed by atoms with Crippen molar-refractivity contribution in [2.75, 3.05) is 12.8 Å². The summed E-state index contributed by atoms with van der Waals surface area (Å²) in [6.07, 6.45) is 4.65. The van der Waals surface area contributed by atoms with Crippen LogP contribution in [0.4, 0.5) is 4.39 Å². The lowest BCUT2D eigenvalue weighted by atomic mass is 9.97. The number of hydrogen-bond donors (Lipinski definition) is 2. The number of nitrogens with one attached hydrogen (secondary N) is 1. The Morgan fingerprint density at radius 3 is 2.74 bits per heavy atom. The van der Waals surface area contributed by atoms with Crippen molar-refractivity contribution in [3.05, 3.63) is 23.5 Å². The first-order valence-electron chi connectivity index (χ1n) is 6.33. The van der Waals surface area contributed by atoms with Crippen LogP contribution in [0.5, 0.6) is 5.75 Å². The van der Waals surface area contributed by atoms with Gasteiger partial charge in [0.1, 0.15) is 4.90 Å². The number of rotatable bonds is 3. The molecule has 1 saturated heterocycles. The second kappa shape index (κ2) is 5.46. The molecule has 0 amide bonds. The molecule has 0 aromatic heterocycles. The zero-order valence-electron chi connectivity index (χ0n) is 10.8. The van der Waals surface area contributed by atoms with Crippen molar-refractivity contribution in [3.8, 4) is 5.75 Å². The summed E-state index contributed by atoms with van der Waals surface area (Å²) in [5.74, 6) is -1.59. The minimum absolute atomic E-state index is 0.211. The number of phenols is 1. The molecule has 1 aromatic carbocycles. The lowest BCUT2D eigenvalue weighted by Gasteiger charge is -2.23. The Labute approximate surface area is 112 Å². The van der Waals surface area contributed by atoms with Crippen molar-refractivity contribution < 1.29 is 17.9 Å². The number of aromatic hydroxyl groups is 1. The molecule has 1 unspecified atom stereocenters. The summed E-state index contributed by atoms with van der Waals surface area (Å²) < 4.78 is 36.6. The Balaban J connectivity index is 2.26. The van der Waals surface area contributed by atoms with Crippen LogP contribution in [0.25, 0.3) is 0 Å². The van der Waals surface area contributed by atoms with Gasteiger partial charge in [-0.05, 0) is 37.4 Å². The van der Waals surface area contributed by atoms with E-state index >= 15 is 0 Å². The van der Waals surface area contributed by atoms with Gasteiger partial charge in [0.2, 0.25) is 0 Å². The molecule has 0 aliphatic carbocycles. The lowest BCUT2D eigenvalue weighted by molar-refractivity contribution is 0.382. The largest absolute Gasteiger partial charge is 0.505 e. The van der Waals surface area contributed by atoms with E-state index in [0.717, 1.165) is 32.1 Å². The van der Waals surface area contributed by atoms with Crippen molar-refractivity contribution in [3.63, 3.8) is 0 Å². The van der Waals surface area contributed by atoms with Gasteiger partial charge >= 0.3 is 0 Å². The topological polar surface area (TPSA) is 66.4 Å². The molecule has 4 nitrogen and oxygen atoms in total. The van der Waals surface area contributed by atoms with Crippen LogP contribution in [-0.4, -0.2) is 32.4 Å². The fraction of sp³-hybridized carbons (Fsp3) is 0.538. The highest BCUT2D eigenvalue weighted by Crippen LogP contribution is 2.29. The molecule has 1 atom stereocenters. The van der Waals surface area contributed by atoms with Crippen LogP contribution in [0.3, 0.4) is 0 Å². The second-order valence-corrected chi connectivity index (χ2v) is 6.99. The molecule has 1 fully saturated rings. The maximum absolute atomic E-state index is 13.9. The predicted octanol–water partition coefficient (Wildman–Crippen LogP) is 1.62. The molecule has 1 heterocycles. The number of benzene rings is 1. The van der Waals surface area contributed by atoms with Crippen LogP contribution < -0.4 is 5.32 Å². The number of phenolic OH excluding ortho intramolecular Hbond substituents is 1. The van der Waals surface area contributed by atoms with Crippen molar-refractivity contribution in [1.82, 2.24) is 5.32 Å². The van der Waals surface area contributed by atoms with Gasteiger partial charge in [0.15, 0.2) is 21.4 Å². The normalized spacial score (nSPS) is 20.4. The Kier molecular flexibility index (Phi) is 4.10. The summed E-state index contributed by atoms with van der Waals surface area (Å²) in [6, 6.07) is 2.93. The molecule has 2 N–H and O–H groups in total. The molecule has 106 valence electrons. The van der Waals surface area contributed by atoms with E-state index in [4.69, 9.17) is 0 Å². The number of sulfone groups is 1. The minimum atomic E-state index is -3.66. The Morgan fingerprint density at radius 1 is 1.42 bits per heavy atom. The fourth-order valence-corrected chi connectivity index (χ4v) is 3.14. The summed E-state index contributed by atoms with van der Waals surface area (Å²) in [6.45, 7) is 0.926. The van der Waals surface area contributed by atoms with Crippen LogP contribution in [0.15, 0.2) is 17.0 Å². The molecule has 6 heteroatoms. The van der Waals surface area contributed by atoms with E-state index in [2.05, 4.69) is 5.32 Å². The monoisotopic (exact) mass is 287 g/mol. The smallest absolute Gasteiger partial charge is 0.183 e. The molecule has 0 spiro atoms. The van der Waals surface area contributed by atoms with Crippen molar-refractivity contribution in [2.24, 2.45) is 0 Å². The van der Waals surface area contributed by atoms with Crippen LogP contribution in [0.2, 0.25) is 0 Å². The highest BCUT2D eigenvalue weighted by atomic mass is 32.2. The predicted molar refractivity (Wildman–Crippen MR) is 70.5 cm³/mol. The first kappa shape index (κ1) is 14.3. The van der Waals surface area contributed by atoms with Gasteiger partial charge in [-0.2, -0.15) is 0 Å². The average molecular weight is 287 g/mol. The summed E-state index contributed by atoms with van der Waals surface area (Å²) in [5, 5.41) is 13.1. The van der Waals surface area contributed by atoms with Gasteiger partial charge in [-0.1, -0.05) is 12.5 Å². The maximum atomic E-state index is 13.9. The molecule has 0 radical (unpaired) electrons. The number of hydrogen-bond acceptors (Lipinski definition) is 4. The van der Waals surface area contributed by atoms with E-state index in [1.54, 1.807) is 0 Å². The van der Waals surface area contributed by atoms with Crippen LogP contribution in [0.1, 0.15) is 24.8 Å². The van der Waals surface area contributed by atoms with Gasteiger partial charge in [0.05, 0.1) is 0 Å². The third-order valence-corrected chi connectivity index (χ3v) is 4.56. The van der Waals surface area contributed by atoms with Crippen molar-refractivity contribution >= 4 is 9.84 Å². The highest BCUT2D eigenvalue weighted by Gasteiger charge is 2.21. The molecular formula is C13H18FNO3S. The van der Waals surface area contributed by atoms with Gasteiger partial charge in [0.25, 0.3) is 0 Å². The quantitative estimate of drug-likeness (QED) is 0.886. The van der Waals surface area contributed by atoms with E-state index in [0.29, 0.717) is 12.0 Å². The van der Waals surface area contributed by atoms with E-state index in [-0.39, 0.29) is 6.04 Å². The summed E-state index contributed by atoms with van der Waals surface area (Å²) in [4.78, 5) is -0.453. The van der Waals surface area contributed by atoms with E-state index < -0.39 is 26.3 Å². The second-order valence-electron chi connectivity index (χ2n) is 5.01. The zero-order chi connectivity index (χ0) is 14.0.